The lowest BCUT2D eigenvalue weighted by Crippen LogP contribution is -2.28. The van der Waals surface area contributed by atoms with E-state index in [-0.39, 0.29) is 11.4 Å². The fraction of sp³-hybridized carbons (Fsp3) is 0.0714. The average molecular weight is 259 g/mol. The summed E-state index contributed by atoms with van der Waals surface area (Å²) in [5.74, 6) is -0.560. The lowest BCUT2D eigenvalue weighted by molar-refractivity contribution is 0.251. The van der Waals surface area contributed by atoms with Gasteiger partial charge in [0.1, 0.15) is 11.5 Å². The Morgan fingerprint density at radius 3 is 2.53 bits per heavy atom. The number of nitrogen functional groups attached to an aromatic ring is 1. The number of carbonyl (C=O) groups excluding carboxylic acids is 1. The number of carbonyl (C=O) groups is 1. The highest BCUT2D eigenvalue weighted by molar-refractivity contribution is 5.92. The molecule has 4 N–H and O–H groups in total. The summed E-state index contributed by atoms with van der Waals surface area (Å²) < 4.78 is 13.5. The standard InChI is InChI=1S/C14H14FN3O/c15-11-7-4-8-12(16)13(11)18-14(19)17-9-10-5-2-1-3-6-10/h1-8H,9,16H2,(H2,17,18,19). The minimum Gasteiger partial charge on any atom is -0.397 e. The molecule has 98 valence electrons. The normalized spacial score (nSPS) is 9.95. The van der Waals surface area contributed by atoms with E-state index in [2.05, 4.69) is 10.6 Å². The van der Waals surface area contributed by atoms with Gasteiger partial charge in [0.15, 0.2) is 0 Å². The van der Waals surface area contributed by atoms with Gasteiger partial charge in [0.25, 0.3) is 0 Å². The van der Waals surface area contributed by atoms with E-state index in [1.807, 2.05) is 30.3 Å². The van der Waals surface area contributed by atoms with Gasteiger partial charge < -0.3 is 16.4 Å². The molecule has 0 atom stereocenters. The van der Waals surface area contributed by atoms with Crippen LogP contribution in [0.4, 0.5) is 20.6 Å². The number of hydrogen-bond donors (Lipinski definition) is 3. The molecule has 0 aliphatic carbocycles. The number of hydrogen-bond acceptors (Lipinski definition) is 2. The van der Waals surface area contributed by atoms with E-state index in [1.165, 1.54) is 18.2 Å². The Morgan fingerprint density at radius 1 is 1.11 bits per heavy atom. The molecule has 5 heteroatoms. The van der Waals surface area contributed by atoms with Crippen LogP contribution < -0.4 is 16.4 Å². The molecule has 2 aromatic carbocycles. The van der Waals surface area contributed by atoms with Crippen LogP contribution in [0, 0.1) is 5.82 Å². The van der Waals surface area contributed by atoms with E-state index in [0.717, 1.165) is 5.56 Å². The van der Waals surface area contributed by atoms with Gasteiger partial charge in [-0.05, 0) is 17.7 Å². The summed E-state index contributed by atoms with van der Waals surface area (Å²) in [5, 5.41) is 5.03. The van der Waals surface area contributed by atoms with Crippen molar-refractivity contribution >= 4 is 17.4 Å². The fourth-order valence-corrected chi connectivity index (χ4v) is 1.61. The van der Waals surface area contributed by atoms with Gasteiger partial charge in [-0.25, -0.2) is 9.18 Å². The van der Waals surface area contributed by atoms with Gasteiger partial charge in [-0.3, -0.25) is 0 Å². The molecule has 0 heterocycles. The summed E-state index contributed by atoms with van der Waals surface area (Å²) in [5.41, 5.74) is 6.74. The third kappa shape index (κ3) is 3.45. The van der Waals surface area contributed by atoms with Gasteiger partial charge in [-0.1, -0.05) is 36.4 Å². The number of anilines is 2. The maximum atomic E-state index is 13.5. The second-order valence-electron chi connectivity index (χ2n) is 4.00. The summed E-state index contributed by atoms with van der Waals surface area (Å²) in [6.45, 7) is 0.362. The first-order valence-electron chi connectivity index (χ1n) is 5.79. The SMILES string of the molecule is Nc1cccc(F)c1NC(=O)NCc1ccccc1. The van der Waals surface area contributed by atoms with Gasteiger partial charge in [0.2, 0.25) is 0 Å². The Balaban J connectivity index is 1.95. The van der Waals surface area contributed by atoms with Crippen LogP contribution in [-0.2, 0) is 6.54 Å². The molecule has 2 rings (SSSR count). The Kier molecular flexibility index (Phi) is 3.97. The van der Waals surface area contributed by atoms with Crippen molar-refractivity contribution in [3.8, 4) is 0 Å². The van der Waals surface area contributed by atoms with Crippen molar-refractivity contribution in [1.82, 2.24) is 5.32 Å². The summed E-state index contributed by atoms with van der Waals surface area (Å²) in [6, 6.07) is 13.2. The zero-order valence-corrected chi connectivity index (χ0v) is 10.2. The third-order valence-electron chi connectivity index (χ3n) is 2.58. The van der Waals surface area contributed by atoms with Crippen molar-refractivity contribution < 1.29 is 9.18 Å². The van der Waals surface area contributed by atoms with Gasteiger partial charge in [-0.15, -0.1) is 0 Å². The summed E-state index contributed by atoms with van der Waals surface area (Å²) >= 11 is 0. The highest BCUT2D eigenvalue weighted by atomic mass is 19.1. The largest absolute Gasteiger partial charge is 0.397 e. The quantitative estimate of drug-likeness (QED) is 0.742. The molecule has 0 radical (unpaired) electrons. The maximum Gasteiger partial charge on any atom is 0.319 e. The minimum absolute atomic E-state index is 0.00642. The summed E-state index contributed by atoms with van der Waals surface area (Å²) in [7, 11) is 0. The molecule has 0 saturated heterocycles. The predicted octanol–water partition coefficient (Wildman–Crippen LogP) is 2.73. The van der Waals surface area contributed by atoms with Crippen LogP contribution in [0.25, 0.3) is 0 Å². The molecule has 0 fully saturated rings. The van der Waals surface area contributed by atoms with Crippen LogP contribution in [0.1, 0.15) is 5.56 Å². The van der Waals surface area contributed by atoms with Crippen LogP contribution >= 0.6 is 0 Å². The summed E-state index contributed by atoms with van der Waals surface area (Å²) in [6.07, 6.45) is 0. The molecular weight excluding hydrogens is 245 g/mol. The number of urea groups is 1. The van der Waals surface area contributed by atoms with Crippen molar-refractivity contribution in [2.24, 2.45) is 0 Å². The first kappa shape index (κ1) is 12.9. The fourth-order valence-electron chi connectivity index (χ4n) is 1.61. The Labute approximate surface area is 110 Å². The van der Waals surface area contributed by atoms with Crippen LogP contribution in [0.3, 0.4) is 0 Å². The second-order valence-corrected chi connectivity index (χ2v) is 4.00. The van der Waals surface area contributed by atoms with Gasteiger partial charge in [-0.2, -0.15) is 0 Å². The van der Waals surface area contributed by atoms with Crippen LogP contribution in [0.5, 0.6) is 0 Å². The number of nitrogens with two attached hydrogens (primary N) is 1. The molecule has 0 saturated carbocycles. The monoisotopic (exact) mass is 259 g/mol. The maximum absolute atomic E-state index is 13.5. The van der Waals surface area contributed by atoms with Crippen molar-refractivity contribution in [3.63, 3.8) is 0 Å². The zero-order chi connectivity index (χ0) is 13.7. The second kappa shape index (κ2) is 5.86. The molecule has 0 aliphatic heterocycles. The number of amides is 2. The number of halogens is 1. The highest BCUT2D eigenvalue weighted by Crippen LogP contribution is 2.21. The van der Waals surface area contributed by atoms with E-state index in [4.69, 9.17) is 5.73 Å². The minimum atomic E-state index is -0.560. The number of rotatable bonds is 3. The predicted molar refractivity (Wildman–Crippen MR) is 73.1 cm³/mol. The van der Waals surface area contributed by atoms with Crippen molar-refractivity contribution in [2.45, 2.75) is 6.54 Å². The van der Waals surface area contributed by atoms with E-state index < -0.39 is 11.8 Å². The molecule has 0 aliphatic rings. The van der Waals surface area contributed by atoms with Gasteiger partial charge in [0.05, 0.1) is 5.69 Å². The van der Waals surface area contributed by atoms with E-state index in [9.17, 15) is 9.18 Å². The molecule has 19 heavy (non-hydrogen) atoms. The van der Waals surface area contributed by atoms with Crippen LogP contribution in [-0.4, -0.2) is 6.03 Å². The first-order chi connectivity index (χ1) is 9.16. The molecule has 0 aromatic heterocycles. The molecule has 0 unspecified atom stereocenters. The average Bonchev–Trinajstić information content (AvgIpc) is 2.42. The Bertz CT molecular complexity index is 552. The molecular formula is C14H14FN3O. The molecule has 2 aromatic rings. The lowest BCUT2D eigenvalue weighted by Gasteiger charge is -2.10. The van der Waals surface area contributed by atoms with Crippen molar-refractivity contribution in [1.29, 1.82) is 0 Å². The number of para-hydroxylation sites is 1. The highest BCUT2D eigenvalue weighted by Gasteiger charge is 2.09. The summed E-state index contributed by atoms with van der Waals surface area (Å²) in [4.78, 5) is 11.6. The number of nitrogens with one attached hydrogen (secondary N) is 2. The van der Waals surface area contributed by atoms with E-state index >= 15 is 0 Å². The third-order valence-corrected chi connectivity index (χ3v) is 2.58. The number of benzene rings is 2. The Morgan fingerprint density at radius 2 is 1.84 bits per heavy atom. The van der Waals surface area contributed by atoms with Crippen LogP contribution in [0.15, 0.2) is 48.5 Å². The van der Waals surface area contributed by atoms with E-state index in [0.29, 0.717) is 6.54 Å². The zero-order valence-electron chi connectivity index (χ0n) is 10.2. The smallest absolute Gasteiger partial charge is 0.319 e. The van der Waals surface area contributed by atoms with Crippen molar-refractivity contribution in [2.75, 3.05) is 11.1 Å². The van der Waals surface area contributed by atoms with Gasteiger partial charge in [0, 0.05) is 6.54 Å². The molecule has 0 bridgehead atoms. The van der Waals surface area contributed by atoms with Crippen molar-refractivity contribution in [3.05, 3.63) is 59.9 Å². The van der Waals surface area contributed by atoms with Gasteiger partial charge >= 0.3 is 6.03 Å². The Hall–Kier alpha value is -2.56. The topological polar surface area (TPSA) is 67.1 Å². The molecule has 4 nitrogen and oxygen atoms in total. The van der Waals surface area contributed by atoms with E-state index in [1.54, 1.807) is 0 Å². The lowest BCUT2D eigenvalue weighted by atomic mass is 10.2. The molecule has 2 amide bonds. The first-order valence-corrected chi connectivity index (χ1v) is 5.79. The van der Waals surface area contributed by atoms with Crippen LogP contribution in [0.2, 0.25) is 0 Å². The molecule has 0 spiro atoms.